The number of nitrogens with zero attached hydrogens (tertiary/aromatic N) is 2. The molecule has 2 aromatic heterocycles. The Hall–Kier alpha value is -1.55. The fraction of sp³-hybridized carbons (Fsp3) is 0.462. The van der Waals surface area contributed by atoms with E-state index in [4.69, 9.17) is 0 Å². The molecular formula is C13H17N3O. The number of hydrogen-bond acceptors (Lipinski definition) is 3. The molecule has 1 aliphatic heterocycles. The standard InChI is InChI=1S/C13H17N3O/c1-9-12(10-5-2-3-7-14-10)15-13-11(17)6-4-8-16(9)13/h4,6,8,10,14,17H,2-3,5,7H2,1H3. The third-order valence-electron chi connectivity index (χ3n) is 3.55. The molecule has 1 aliphatic rings. The molecule has 2 N–H and O–H groups in total. The Morgan fingerprint density at radius 3 is 3.06 bits per heavy atom. The molecule has 1 atom stereocenters. The molecule has 0 aromatic carbocycles. The Morgan fingerprint density at radius 1 is 1.47 bits per heavy atom. The van der Waals surface area contributed by atoms with Gasteiger partial charge in [-0.15, -0.1) is 0 Å². The molecule has 4 nitrogen and oxygen atoms in total. The Morgan fingerprint density at radius 2 is 2.35 bits per heavy atom. The molecule has 0 saturated carbocycles. The SMILES string of the molecule is Cc1c(C2CCCCN2)nc2c(O)cccn12. The third-order valence-corrected chi connectivity index (χ3v) is 3.55. The highest BCUT2D eigenvalue weighted by Gasteiger charge is 2.21. The van der Waals surface area contributed by atoms with Crippen molar-refractivity contribution < 1.29 is 5.11 Å². The highest BCUT2D eigenvalue weighted by molar-refractivity contribution is 5.55. The van der Waals surface area contributed by atoms with Gasteiger partial charge in [0.2, 0.25) is 0 Å². The van der Waals surface area contributed by atoms with E-state index in [0.717, 1.165) is 24.4 Å². The number of aryl methyl sites for hydroxylation is 1. The van der Waals surface area contributed by atoms with E-state index < -0.39 is 0 Å². The molecule has 0 bridgehead atoms. The topological polar surface area (TPSA) is 49.6 Å². The summed E-state index contributed by atoms with van der Waals surface area (Å²) in [6, 6.07) is 3.86. The Balaban J connectivity index is 2.10. The fourth-order valence-electron chi connectivity index (χ4n) is 2.60. The van der Waals surface area contributed by atoms with Crippen molar-refractivity contribution in [1.29, 1.82) is 0 Å². The van der Waals surface area contributed by atoms with Crippen LogP contribution in [0.1, 0.15) is 36.7 Å². The molecule has 3 heterocycles. The van der Waals surface area contributed by atoms with E-state index in [1.54, 1.807) is 6.07 Å². The lowest BCUT2D eigenvalue weighted by molar-refractivity contribution is 0.405. The monoisotopic (exact) mass is 231 g/mol. The quantitative estimate of drug-likeness (QED) is 0.790. The van der Waals surface area contributed by atoms with Crippen molar-refractivity contribution >= 4 is 5.65 Å². The highest BCUT2D eigenvalue weighted by atomic mass is 16.3. The summed E-state index contributed by atoms with van der Waals surface area (Å²) in [7, 11) is 0. The molecule has 3 rings (SSSR count). The summed E-state index contributed by atoms with van der Waals surface area (Å²) in [6.45, 7) is 3.12. The van der Waals surface area contributed by atoms with Gasteiger partial charge < -0.3 is 14.8 Å². The molecule has 1 unspecified atom stereocenters. The van der Waals surface area contributed by atoms with Gasteiger partial charge in [-0.3, -0.25) is 0 Å². The Labute approximate surface area is 100 Å². The summed E-state index contributed by atoms with van der Waals surface area (Å²) in [5.41, 5.74) is 2.86. The molecule has 0 spiro atoms. The zero-order valence-electron chi connectivity index (χ0n) is 9.98. The van der Waals surface area contributed by atoms with Gasteiger partial charge in [-0.05, 0) is 38.4 Å². The minimum absolute atomic E-state index is 0.248. The van der Waals surface area contributed by atoms with Crippen LogP contribution in [0.2, 0.25) is 0 Å². The van der Waals surface area contributed by atoms with Crippen LogP contribution in [0, 0.1) is 6.92 Å². The van der Waals surface area contributed by atoms with Crippen molar-refractivity contribution in [2.24, 2.45) is 0 Å². The maximum atomic E-state index is 9.80. The largest absolute Gasteiger partial charge is 0.504 e. The number of rotatable bonds is 1. The molecule has 90 valence electrons. The second-order valence-electron chi connectivity index (χ2n) is 4.67. The molecule has 2 aromatic rings. The molecule has 1 saturated heterocycles. The van der Waals surface area contributed by atoms with Crippen molar-refractivity contribution in [1.82, 2.24) is 14.7 Å². The van der Waals surface area contributed by atoms with E-state index >= 15 is 0 Å². The van der Waals surface area contributed by atoms with E-state index in [2.05, 4.69) is 17.2 Å². The number of piperidine rings is 1. The van der Waals surface area contributed by atoms with Gasteiger partial charge in [-0.1, -0.05) is 6.42 Å². The summed E-state index contributed by atoms with van der Waals surface area (Å²) >= 11 is 0. The minimum Gasteiger partial charge on any atom is -0.504 e. The number of hydrogen-bond donors (Lipinski definition) is 2. The van der Waals surface area contributed by atoms with Gasteiger partial charge in [0.1, 0.15) is 0 Å². The zero-order chi connectivity index (χ0) is 11.8. The van der Waals surface area contributed by atoms with E-state index in [0.29, 0.717) is 11.7 Å². The first-order valence-electron chi connectivity index (χ1n) is 6.17. The first-order valence-corrected chi connectivity index (χ1v) is 6.17. The summed E-state index contributed by atoms with van der Waals surface area (Å²) < 4.78 is 1.96. The van der Waals surface area contributed by atoms with Crippen molar-refractivity contribution in [2.45, 2.75) is 32.2 Å². The number of fused-ring (bicyclic) bond motifs is 1. The average Bonchev–Trinajstić information content (AvgIpc) is 2.70. The molecule has 17 heavy (non-hydrogen) atoms. The van der Waals surface area contributed by atoms with Crippen molar-refractivity contribution in [3.8, 4) is 5.75 Å². The molecule has 0 radical (unpaired) electrons. The second kappa shape index (κ2) is 4.04. The van der Waals surface area contributed by atoms with Crippen molar-refractivity contribution in [3.63, 3.8) is 0 Å². The first-order chi connectivity index (χ1) is 8.27. The zero-order valence-corrected chi connectivity index (χ0v) is 9.98. The van der Waals surface area contributed by atoms with Crippen LogP contribution in [0.25, 0.3) is 5.65 Å². The lowest BCUT2D eigenvalue weighted by Gasteiger charge is -2.22. The van der Waals surface area contributed by atoms with Gasteiger partial charge in [0, 0.05) is 11.9 Å². The van der Waals surface area contributed by atoms with Gasteiger partial charge in [-0.2, -0.15) is 0 Å². The van der Waals surface area contributed by atoms with Gasteiger partial charge in [0.05, 0.1) is 11.7 Å². The van der Waals surface area contributed by atoms with Crippen LogP contribution in [-0.2, 0) is 0 Å². The predicted molar refractivity (Wildman–Crippen MR) is 66.2 cm³/mol. The van der Waals surface area contributed by atoms with Crippen LogP contribution < -0.4 is 5.32 Å². The maximum absolute atomic E-state index is 9.80. The first kappa shape index (κ1) is 10.6. The van der Waals surface area contributed by atoms with Crippen LogP contribution in [0.15, 0.2) is 18.3 Å². The lowest BCUT2D eigenvalue weighted by Crippen LogP contribution is -2.27. The Kier molecular flexibility index (Phi) is 2.52. The lowest BCUT2D eigenvalue weighted by atomic mass is 10.0. The van der Waals surface area contributed by atoms with Crippen LogP contribution in [0.3, 0.4) is 0 Å². The van der Waals surface area contributed by atoms with Crippen molar-refractivity contribution in [3.05, 3.63) is 29.7 Å². The maximum Gasteiger partial charge on any atom is 0.179 e. The van der Waals surface area contributed by atoms with Gasteiger partial charge >= 0.3 is 0 Å². The van der Waals surface area contributed by atoms with E-state index in [1.807, 2.05) is 16.7 Å². The Bertz CT molecular complexity index is 541. The normalized spacial score (nSPS) is 20.9. The molecule has 1 fully saturated rings. The summed E-state index contributed by atoms with van der Waals surface area (Å²) in [4.78, 5) is 4.59. The van der Waals surface area contributed by atoms with E-state index in [-0.39, 0.29) is 5.75 Å². The summed E-state index contributed by atoms with van der Waals surface area (Å²) in [5, 5.41) is 13.3. The van der Waals surface area contributed by atoms with Crippen LogP contribution >= 0.6 is 0 Å². The highest BCUT2D eigenvalue weighted by Crippen LogP contribution is 2.28. The number of pyridine rings is 1. The third kappa shape index (κ3) is 1.69. The van der Waals surface area contributed by atoms with Crippen LogP contribution in [0.4, 0.5) is 0 Å². The van der Waals surface area contributed by atoms with Crippen molar-refractivity contribution in [2.75, 3.05) is 6.54 Å². The average molecular weight is 231 g/mol. The summed E-state index contributed by atoms with van der Waals surface area (Å²) in [5.74, 6) is 0.248. The molecule has 4 heteroatoms. The summed E-state index contributed by atoms with van der Waals surface area (Å²) in [6.07, 6.45) is 5.57. The molecule has 0 aliphatic carbocycles. The smallest absolute Gasteiger partial charge is 0.179 e. The van der Waals surface area contributed by atoms with Gasteiger partial charge in [0.25, 0.3) is 0 Å². The molecular weight excluding hydrogens is 214 g/mol. The molecule has 0 amide bonds. The second-order valence-corrected chi connectivity index (χ2v) is 4.67. The van der Waals surface area contributed by atoms with E-state index in [1.165, 1.54) is 12.8 Å². The van der Waals surface area contributed by atoms with E-state index in [9.17, 15) is 5.11 Å². The van der Waals surface area contributed by atoms with Gasteiger partial charge in [-0.25, -0.2) is 4.98 Å². The number of imidazole rings is 1. The number of aromatic hydroxyl groups is 1. The van der Waals surface area contributed by atoms with Gasteiger partial charge in [0.15, 0.2) is 11.4 Å². The number of aromatic nitrogens is 2. The fourth-order valence-corrected chi connectivity index (χ4v) is 2.60. The number of nitrogens with one attached hydrogen (secondary N) is 1. The van der Waals surface area contributed by atoms with Crippen LogP contribution in [0.5, 0.6) is 5.75 Å². The predicted octanol–water partition coefficient (Wildman–Crippen LogP) is 2.16. The minimum atomic E-state index is 0.248. The van der Waals surface area contributed by atoms with Crippen LogP contribution in [-0.4, -0.2) is 21.0 Å².